The average molecular weight is 510 g/mol. The van der Waals surface area contributed by atoms with Crippen molar-refractivity contribution >= 4 is 22.6 Å². The molecule has 2 aliphatic heterocycles. The van der Waals surface area contributed by atoms with Crippen molar-refractivity contribution in [1.82, 2.24) is 15.3 Å². The van der Waals surface area contributed by atoms with E-state index in [9.17, 15) is 14.7 Å². The number of aromatic nitrogens is 2. The smallest absolute Gasteiger partial charge is 0.233 e. The molecule has 38 heavy (non-hydrogen) atoms. The number of para-hydroxylation sites is 1. The molecule has 4 N–H and O–H groups in total. The number of amides is 1. The molecule has 6 atom stereocenters. The lowest BCUT2D eigenvalue weighted by Gasteiger charge is -2.45. The second-order valence-electron chi connectivity index (χ2n) is 11.4. The Labute approximate surface area is 222 Å². The van der Waals surface area contributed by atoms with Gasteiger partial charge in [-0.05, 0) is 66.5 Å². The Morgan fingerprint density at radius 2 is 1.89 bits per heavy atom. The summed E-state index contributed by atoms with van der Waals surface area (Å²) in [5, 5.41) is 14.9. The van der Waals surface area contributed by atoms with Crippen molar-refractivity contribution in [2.24, 2.45) is 23.7 Å². The Bertz CT molecular complexity index is 1500. The highest BCUT2D eigenvalue weighted by Crippen LogP contribution is 2.55. The van der Waals surface area contributed by atoms with Crippen molar-refractivity contribution in [3.8, 4) is 0 Å². The molecular weight excluding hydrogens is 474 g/mol. The molecule has 196 valence electrons. The van der Waals surface area contributed by atoms with E-state index in [4.69, 9.17) is 0 Å². The molecule has 1 amide bonds. The number of hydrogen-bond donors (Lipinski definition) is 4. The zero-order valence-electron chi connectivity index (χ0n) is 22.1. The van der Waals surface area contributed by atoms with Crippen molar-refractivity contribution in [2.45, 2.75) is 45.1 Å². The van der Waals surface area contributed by atoms with Crippen LogP contribution in [0.4, 0.5) is 0 Å². The minimum absolute atomic E-state index is 0.0275. The zero-order chi connectivity index (χ0) is 26.6. The van der Waals surface area contributed by atoms with Crippen molar-refractivity contribution in [3.63, 3.8) is 0 Å². The predicted octanol–water partition coefficient (Wildman–Crippen LogP) is 5.00. The number of aromatic amines is 2. The molecule has 1 saturated heterocycles. The van der Waals surface area contributed by atoms with E-state index in [1.54, 1.807) is 0 Å². The van der Waals surface area contributed by atoms with Crippen molar-refractivity contribution in [2.75, 3.05) is 6.61 Å². The first-order chi connectivity index (χ1) is 18.3. The summed E-state index contributed by atoms with van der Waals surface area (Å²) >= 11 is 0. The lowest BCUT2D eigenvalue weighted by molar-refractivity contribution is -0.126. The molecule has 3 aromatic rings. The lowest BCUT2D eigenvalue weighted by atomic mass is 9.55. The topological polar surface area (TPSA) is 98.0 Å². The standard InChI is InChI=1S/C32H35N3O3/c1-18-7-6-8-23-14-22(17-36)20(3)29-27(15-21-16-33-25-10-5-4-9-24(21)25)35-31(38)32(23,29)28-12-11-26(34-28)30(37)19(2)13-18/h4-6,8-14,16,18,20,23,27,29,33-34,36H,7,15,17H2,1-3H3,(H,35,38)/b8-6+,19-13+/t18-,20+,23-,27-,29-,32+/m0/s1. The fourth-order valence-electron chi connectivity index (χ4n) is 7.30. The summed E-state index contributed by atoms with van der Waals surface area (Å²) in [7, 11) is 0. The number of hydrogen-bond acceptors (Lipinski definition) is 3. The van der Waals surface area contributed by atoms with Gasteiger partial charge in [0.2, 0.25) is 11.7 Å². The SMILES string of the molecule is C/C1=C\[C@@H](C)C/C=C/[C@H]2C=C(CO)[C@@H](C)[C@H]3[C@H](Cc4c[nH]c5ccccc45)NC(=O)[C@]32c2ccc([nH]2)C1=O. The first-order valence-corrected chi connectivity index (χ1v) is 13.6. The maximum Gasteiger partial charge on any atom is 0.233 e. The van der Waals surface area contributed by atoms with Gasteiger partial charge in [-0.15, -0.1) is 0 Å². The molecule has 0 radical (unpaired) electrons. The number of aliphatic hydroxyl groups excluding tert-OH is 1. The zero-order valence-corrected chi connectivity index (χ0v) is 22.1. The molecule has 1 fully saturated rings. The van der Waals surface area contributed by atoms with Gasteiger partial charge >= 0.3 is 0 Å². The predicted molar refractivity (Wildman–Crippen MR) is 149 cm³/mol. The maximum atomic E-state index is 14.3. The summed E-state index contributed by atoms with van der Waals surface area (Å²) in [4.78, 5) is 34.3. The van der Waals surface area contributed by atoms with Gasteiger partial charge in [-0.2, -0.15) is 0 Å². The Balaban J connectivity index is 1.52. The summed E-state index contributed by atoms with van der Waals surface area (Å²) < 4.78 is 0. The lowest BCUT2D eigenvalue weighted by Crippen LogP contribution is -2.51. The molecule has 1 spiro atoms. The van der Waals surface area contributed by atoms with Crippen LogP contribution in [0.2, 0.25) is 0 Å². The molecule has 0 unspecified atom stereocenters. The molecule has 4 heterocycles. The van der Waals surface area contributed by atoms with Gasteiger partial charge in [0.25, 0.3) is 0 Å². The molecule has 2 bridgehead atoms. The Morgan fingerprint density at radius 1 is 1.08 bits per heavy atom. The number of aliphatic hydroxyl groups is 1. The highest BCUT2D eigenvalue weighted by molar-refractivity contribution is 6.07. The van der Waals surface area contributed by atoms with E-state index < -0.39 is 5.41 Å². The van der Waals surface area contributed by atoms with Gasteiger partial charge in [0.15, 0.2) is 0 Å². The van der Waals surface area contributed by atoms with Crippen LogP contribution in [0.5, 0.6) is 0 Å². The van der Waals surface area contributed by atoms with E-state index in [-0.39, 0.29) is 48.0 Å². The van der Waals surface area contributed by atoms with Gasteiger partial charge in [-0.3, -0.25) is 9.59 Å². The number of carbonyl (C=O) groups excluding carboxylic acids is 2. The summed E-state index contributed by atoms with van der Waals surface area (Å²) in [6, 6.07) is 11.8. The summed E-state index contributed by atoms with van der Waals surface area (Å²) in [5.41, 5.74) is 4.26. The Kier molecular flexibility index (Phi) is 6.03. The number of nitrogens with one attached hydrogen (secondary N) is 3. The third-order valence-electron chi connectivity index (χ3n) is 9.11. The molecule has 6 nitrogen and oxygen atoms in total. The molecule has 3 aliphatic rings. The number of benzene rings is 1. The molecule has 1 aromatic carbocycles. The van der Waals surface area contributed by atoms with Crippen LogP contribution in [0.25, 0.3) is 10.9 Å². The van der Waals surface area contributed by atoms with Crippen LogP contribution in [-0.2, 0) is 16.6 Å². The van der Waals surface area contributed by atoms with Gasteiger partial charge in [0.1, 0.15) is 5.41 Å². The molecule has 6 rings (SSSR count). The number of fused-ring (bicyclic) bond motifs is 3. The van der Waals surface area contributed by atoms with E-state index in [0.29, 0.717) is 17.7 Å². The van der Waals surface area contributed by atoms with Crippen LogP contribution in [-0.4, -0.2) is 39.4 Å². The monoisotopic (exact) mass is 509 g/mol. The maximum absolute atomic E-state index is 14.3. The van der Waals surface area contributed by atoms with Crippen LogP contribution in [0, 0.1) is 23.7 Å². The molecular formula is C32H35N3O3. The van der Waals surface area contributed by atoms with Crippen molar-refractivity contribution in [3.05, 3.63) is 95.0 Å². The van der Waals surface area contributed by atoms with Gasteiger partial charge in [0, 0.05) is 40.7 Å². The first kappa shape index (κ1) is 24.7. The highest BCUT2D eigenvalue weighted by atomic mass is 16.3. The number of H-pyrrole nitrogens is 2. The average Bonchev–Trinajstić information content (AvgIpc) is 3.62. The highest BCUT2D eigenvalue weighted by Gasteiger charge is 2.63. The van der Waals surface area contributed by atoms with E-state index in [0.717, 1.165) is 34.2 Å². The van der Waals surface area contributed by atoms with E-state index >= 15 is 0 Å². The number of rotatable bonds is 3. The molecule has 2 aromatic heterocycles. The second-order valence-corrected chi connectivity index (χ2v) is 11.4. The van der Waals surface area contributed by atoms with Gasteiger partial charge in [-0.1, -0.05) is 56.4 Å². The fraction of sp³-hybridized carbons (Fsp3) is 0.375. The van der Waals surface area contributed by atoms with E-state index in [1.807, 2.05) is 43.5 Å². The fourth-order valence-corrected chi connectivity index (χ4v) is 7.30. The third-order valence-corrected chi connectivity index (χ3v) is 9.11. The van der Waals surface area contributed by atoms with Crippen LogP contribution in [0.15, 0.2) is 78.0 Å². The number of carbonyl (C=O) groups is 2. The molecule has 0 saturated carbocycles. The van der Waals surface area contributed by atoms with E-state index in [2.05, 4.69) is 59.5 Å². The van der Waals surface area contributed by atoms with Gasteiger partial charge in [-0.25, -0.2) is 0 Å². The quantitative estimate of drug-likeness (QED) is 0.374. The van der Waals surface area contributed by atoms with Crippen LogP contribution < -0.4 is 5.32 Å². The van der Waals surface area contributed by atoms with E-state index in [1.165, 1.54) is 0 Å². The van der Waals surface area contributed by atoms with Crippen LogP contribution in [0.1, 0.15) is 48.9 Å². The van der Waals surface area contributed by atoms with Crippen molar-refractivity contribution in [1.29, 1.82) is 0 Å². The van der Waals surface area contributed by atoms with Gasteiger partial charge in [0.05, 0.1) is 12.3 Å². The number of Topliss-reactive ketones (excluding diaryl/α,β-unsaturated/α-hetero) is 1. The van der Waals surface area contributed by atoms with Crippen molar-refractivity contribution < 1.29 is 14.7 Å². The minimum Gasteiger partial charge on any atom is -0.392 e. The first-order valence-electron chi connectivity index (χ1n) is 13.6. The summed E-state index contributed by atoms with van der Waals surface area (Å²) in [6.45, 7) is 6.04. The van der Waals surface area contributed by atoms with Crippen LogP contribution in [0.3, 0.4) is 0 Å². The largest absolute Gasteiger partial charge is 0.392 e. The summed E-state index contributed by atoms with van der Waals surface area (Å²) in [6.07, 6.45) is 11.9. The second kappa shape index (κ2) is 9.28. The molecule has 1 aliphatic carbocycles. The number of ketones is 1. The Morgan fingerprint density at radius 3 is 2.71 bits per heavy atom. The number of allylic oxidation sites excluding steroid dienone is 5. The molecule has 6 heteroatoms. The summed E-state index contributed by atoms with van der Waals surface area (Å²) in [5.74, 6) is -0.288. The van der Waals surface area contributed by atoms with Gasteiger partial charge < -0.3 is 20.4 Å². The third kappa shape index (κ3) is 3.65. The Hall–Kier alpha value is -3.64. The normalized spacial score (nSPS) is 33.3. The minimum atomic E-state index is -0.913. The van der Waals surface area contributed by atoms with Crippen LogP contribution >= 0.6 is 0 Å².